The van der Waals surface area contributed by atoms with Crippen molar-refractivity contribution >= 4 is 17.9 Å². The molecule has 0 amide bonds. The van der Waals surface area contributed by atoms with E-state index in [1.54, 1.807) is 6.07 Å². The van der Waals surface area contributed by atoms with Crippen LogP contribution in [-0.4, -0.2) is 37.7 Å². The highest BCUT2D eigenvalue weighted by molar-refractivity contribution is 6.07. The largest absolute Gasteiger partial charge is 0.462 e. The quantitative estimate of drug-likeness (QED) is 0.194. The summed E-state index contributed by atoms with van der Waals surface area (Å²) in [6.07, 6.45) is 7.65. The fourth-order valence-corrected chi connectivity index (χ4v) is 3.22. The lowest BCUT2D eigenvalue weighted by atomic mass is 9.91. The highest BCUT2D eigenvalue weighted by Gasteiger charge is 2.28. The van der Waals surface area contributed by atoms with Crippen molar-refractivity contribution in [2.45, 2.75) is 85.5 Å². The third kappa shape index (κ3) is 8.72. The normalized spacial score (nSPS) is 10.6. The number of ether oxygens (including phenoxy) is 3. The fraction of sp³-hybridized carbons (Fsp3) is 0.640. The van der Waals surface area contributed by atoms with Crippen LogP contribution in [0.1, 0.15) is 116 Å². The van der Waals surface area contributed by atoms with Crippen molar-refractivity contribution in [1.29, 1.82) is 0 Å². The molecule has 1 rings (SSSR count). The molecule has 1 aromatic carbocycles. The first-order valence-corrected chi connectivity index (χ1v) is 11.7. The van der Waals surface area contributed by atoms with E-state index >= 15 is 0 Å². The summed E-state index contributed by atoms with van der Waals surface area (Å²) in [4.78, 5) is 38.4. The Balaban J connectivity index is 3.40. The average Bonchev–Trinajstić information content (AvgIpc) is 2.78. The first-order chi connectivity index (χ1) is 15.0. The molecule has 0 fully saturated rings. The minimum absolute atomic E-state index is 0.135. The summed E-state index contributed by atoms with van der Waals surface area (Å²) < 4.78 is 16.0. The van der Waals surface area contributed by atoms with E-state index < -0.39 is 17.9 Å². The van der Waals surface area contributed by atoms with Gasteiger partial charge in [-0.1, -0.05) is 53.4 Å². The summed E-state index contributed by atoms with van der Waals surface area (Å²) in [6.45, 7) is 8.66. The molecule has 0 saturated carbocycles. The summed E-state index contributed by atoms with van der Waals surface area (Å²) in [6, 6.07) is 3.04. The maximum absolute atomic E-state index is 13.0. The summed E-state index contributed by atoms with van der Waals surface area (Å²) in [5.74, 6) is -1.66. The van der Waals surface area contributed by atoms with Gasteiger partial charge in [0, 0.05) is 0 Å². The molecule has 0 unspecified atom stereocenters. The summed E-state index contributed by atoms with van der Waals surface area (Å²) in [7, 11) is 0. The summed E-state index contributed by atoms with van der Waals surface area (Å²) >= 11 is 0. The topological polar surface area (TPSA) is 78.9 Å². The average molecular weight is 435 g/mol. The molecule has 31 heavy (non-hydrogen) atoms. The van der Waals surface area contributed by atoms with Crippen molar-refractivity contribution in [3.63, 3.8) is 0 Å². The molecule has 0 aliphatic carbocycles. The molecule has 0 N–H and O–H groups in total. The zero-order valence-electron chi connectivity index (χ0n) is 19.6. The number of carbonyl (C=O) groups is 3. The standard InChI is InChI=1S/C25H38O6/c1-5-9-10-11-12-13-19-20(23(26)29-16-6-2)14-15-21(24(27)30-17-7-3)22(19)25(28)31-18-8-4/h14-15H,5-13,16-18H2,1-4H3. The number of esters is 3. The molecule has 0 aromatic heterocycles. The van der Waals surface area contributed by atoms with E-state index in [9.17, 15) is 14.4 Å². The number of benzene rings is 1. The van der Waals surface area contributed by atoms with E-state index in [1.807, 2.05) is 20.8 Å². The first kappa shape index (κ1) is 26.7. The van der Waals surface area contributed by atoms with Gasteiger partial charge in [0.15, 0.2) is 0 Å². The minimum Gasteiger partial charge on any atom is -0.462 e. The highest BCUT2D eigenvalue weighted by atomic mass is 16.5. The van der Waals surface area contributed by atoms with Crippen LogP contribution >= 0.6 is 0 Å². The third-order valence-corrected chi connectivity index (χ3v) is 4.80. The molecule has 0 heterocycles. The zero-order chi connectivity index (χ0) is 23.1. The van der Waals surface area contributed by atoms with E-state index in [1.165, 1.54) is 6.07 Å². The second kappa shape index (κ2) is 15.4. The van der Waals surface area contributed by atoms with Gasteiger partial charge in [-0.2, -0.15) is 0 Å². The van der Waals surface area contributed by atoms with Crippen LogP contribution in [0.3, 0.4) is 0 Å². The molecule has 0 bridgehead atoms. The Morgan fingerprint density at radius 3 is 1.65 bits per heavy atom. The molecule has 174 valence electrons. The fourth-order valence-electron chi connectivity index (χ4n) is 3.22. The second-order valence-electron chi connectivity index (χ2n) is 7.59. The van der Waals surface area contributed by atoms with Crippen LogP contribution in [0.15, 0.2) is 12.1 Å². The first-order valence-electron chi connectivity index (χ1n) is 11.7. The highest BCUT2D eigenvalue weighted by Crippen LogP contribution is 2.25. The number of rotatable bonds is 15. The van der Waals surface area contributed by atoms with Crippen LogP contribution in [0.2, 0.25) is 0 Å². The van der Waals surface area contributed by atoms with Crippen molar-refractivity contribution in [1.82, 2.24) is 0 Å². The van der Waals surface area contributed by atoms with Crippen molar-refractivity contribution < 1.29 is 28.6 Å². The van der Waals surface area contributed by atoms with Crippen molar-refractivity contribution in [2.24, 2.45) is 0 Å². The van der Waals surface area contributed by atoms with Gasteiger partial charge in [0.2, 0.25) is 0 Å². The molecule has 0 aliphatic rings. The maximum Gasteiger partial charge on any atom is 0.339 e. The van der Waals surface area contributed by atoms with Crippen molar-refractivity contribution in [2.75, 3.05) is 19.8 Å². The molecule has 0 atom stereocenters. The molecule has 6 nitrogen and oxygen atoms in total. The molecule has 0 aliphatic heterocycles. The summed E-state index contributed by atoms with van der Waals surface area (Å²) in [5, 5.41) is 0. The lowest BCUT2D eigenvalue weighted by Crippen LogP contribution is -2.20. The van der Waals surface area contributed by atoms with Gasteiger partial charge < -0.3 is 14.2 Å². The predicted molar refractivity (Wildman–Crippen MR) is 121 cm³/mol. The molecule has 1 aromatic rings. The number of carbonyl (C=O) groups excluding carboxylic acids is 3. The van der Waals surface area contributed by atoms with Crippen LogP contribution < -0.4 is 0 Å². The van der Waals surface area contributed by atoms with Gasteiger partial charge in [-0.15, -0.1) is 0 Å². The molecule has 0 spiro atoms. The molecule has 6 heteroatoms. The van der Waals surface area contributed by atoms with Crippen LogP contribution in [0.4, 0.5) is 0 Å². The Morgan fingerprint density at radius 2 is 1.10 bits per heavy atom. The SMILES string of the molecule is CCCCCCCc1c(C(=O)OCCC)ccc(C(=O)OCCC)c1C(=O)OCCC. The lowest BCUT2D eigenvalue weighted by Gasteiger charge is -2.17. The smallest absolute Gasteiger partial charge is 0.339 e. The minimum atomic E-state index is -0.598. The maximum atomic E-state index is 13.0. The Labute approximate surface area is 186 Å². The predicted octanol–water partition coefficient (Wildman–Crippen LogP) is 5.90. The van der Waals surface area contributed by atoms with E-state index in [4.69, 9.17) is 14.2 Å². The second-order valence-corrected chi connectivity index (χ2v) is 7.59. The molecular weight excluding hydrogens is 396 g/mol. The Kier molecular flexibility index (Phi) is 13.3. The Bertz CT molecular complexity index is 710. The third-order valence-electron chi connectivity index (χ3n) is 4.80. The van der Waals surface area contributed by atoms with Gasteiger partial charge in [0.25, 0.3) is 0 Å². The van der Waals surface area contributed by atoms with Crippen LogP contribution in [0.25, 0.3) is 0 Å². The van der Waals surface area contributed by atoms with Crippen molar-refractivity contribution in [3.8, 4) is 0 Å². The van der Waals surface area contributed by atoms with Crippen LogP contribution in [0.5, 0.6) is 0 Å². The van der Waals surface area contributed by atoms with Gasteiger partial charge in [0.05, 0.1) is 36.5 Å². The Hall–Kier alpha value is -2.37. The van der Waals surface area contributed by atoms with Crippen LogP contribution in [-0.2, 0) is 20.6 Å². The Morgan fingerprint density at radius 1 is 0.613 bits per heavy atom. The molecule has 0 saturated heterocycles. The number of hydrogen-bond donors (Lipinski definition) is 0. The van der Waals surface area contributed by atoms with E-state index in [-0.39, 0.29) is 24.3 Å². The molecule has 0 radical (unpaired) electrons. The van der Waals surface area contributed by atoms with E-state index in [0.717, 1.165) is 32.1 Å². The van der Waals surface area contributed by atoms with Gasteiger partial charge in [-0.05, 0) is 49.8 Å². The lowest BCUT2D eigenvalue weighted by molar-refractivity contribution is 0.0453. The van der Waals surface area contributed by atoms with E-state index in [0.29, 0.717) is 43.4 Å². The number of hydrogen-bond acceptors (Lipinski definition) is 6. The van der Waals surface area contributed by atoms with Gasteiger partial charge in [-0.3, -0.25) is 0 Å². The van der Waals surface area contributed by atoms with E-state index in [2.05, 4.69) is 6.92 Å². The van der Waals surface area contributed by atoms with Gasteiger partial charge >= 0.3 is 17.9 Å². The van der Waals surface area contributed by atoms with Gasteiger partial charge in [-0.25, -0.2) is 14.4 Å². The summed E-state index contributed by atoms with van der Waals surface area (Å²) in [5.41, 5.74) is 1.12. The van der Waals surface area contributed by atoms with Gasteiger partial charge in [0.1, 0.15) is 0 Å². The number of unbranched alkanes of at least 4 members (excludes halogenated alkanes) is 4. The monoisotopic (exact) mass is 434 g/mol. The molecular formula is C25H38O6. The van der Waals surface area contributed by atoms with Crippen molar-refractivity contribution in [3.05, 3.63) is 34.4 Å². The van der Waals surface area contributed by atoms with Crippen LogP contribution in [0, 0.1) is 0 Å². The zero-order valence-corrected chi connectivity index (χ0v) is 19.6.